The van der Waals surface area contributed by atoms with Crippen LogP contribution in [-0.2, 0) is 10.0 Å². The summed E-state index contributed by atoms with van der Waals surface area (Å²) in [5.74, 6) is 0. The molecule has 0 radical (unpaired) electrons. The molecule has 2 aromatic rings. The predicted octanol–water partition coefficient (Wildman–Crippen LogP) is 4.42. The summed E-state index contributed by atoms with van der Waals surface area (Å²) in [6, 6.07) is 10.3. The maximum Gasteiger partial charge on any atom is 0.321 e. The van der Waals surface area contributed by atoms with Crippen molar-refractivity contribution in [2.45, 2.75) is 17.7 Å². The van der Waals surface area contributed by atoms with Gasteiger partial charge in [-0.3, -0.25) is 4.72 Å². The molecule has 138 valence electrons. The zero-order valence-electron chi connectivity index (χ0n) is 13.7. The Morgan fingerprint density at radius 2 is 1.54 bits per heavy atom. The second-order valence-electron chi connectivity index (χ2n) is 5.88. The largest absolute Gasteiger partial charge is 0.325 e. The van der Waals surface area contributed by atoms with Crippen LogP contribution in [0.5, 0.6) is 0 Å². The van der Waals surface area contributed by atoms with Crippen molar-refractivity contribution in [1.82, 2.24) is 4.90 Å². The SMILES string of the molecule is O=C(Nc1ccc(S(=O)(=O)Nc2ccc(Cl)c(Cl)c2)cc1)N1CCCC1. The fourth-order valence-corrected chi connectivity index (χ4v) is 3.96. The number of benzene rings is 2. The van der Waals surface area contributed by atoms with Gasteiger partial charge < -0.3 is 10.2 Å². The molecule has 6 nitrogen and oxygen atoms in total. The van der Waals surface area contributed by atoms with Gasteiger partial charge in [-0.2, -0.15) is 0 Å². The van der Waals surface area contributed by atoms with E-state index >= 15 is 0 Å². The van der Waals surface area contributed by atoms with Crippen molar-refractivity contribution in [1.29, 1.82) is 0 Å². The van der Waals surface area contributed by atoms with Gasteiger partial charge in [0.15, 0.2) is 0 Å². The van der Waals surface area contributed by atoms with Crippen LogP contribution in [0.3, 0.4) is 0 Å². The number of urea groups is 1. The van der Waals surface area contributed by atoms with E-state index in [1.54, 1.807) is 17.0 Å². The molecule has 0 spiro atoms. The van der Waals surface area contributed by atoms with Crippen molar-refractivity contribution in [3.8, 4) is 0 Å². The average Bonchev–Trinajstić information content (AvgIpc) is 3.13. The lowest BCUT2D eigenvalue weighted by atomic mass is 10.3. The Morgan fingerprint density at radius 1 is 0.923 bits per heavy atom. The Hall–Kier alpha value is -1.96. The van der Waals surface area contributed by atoms with E-state index < -0.39 is 10.0 Å². The van der Waals surface area contributed by atoms with E-state index in [-0.39, 0.29) is 15.9 Å². The molecular weight excluding hydrogens is 397 g/mol. The highest BCUT2D eigenvalue weighted by atomic mass is 35.5. The highest BCUT2D eigenvalue weighted by Gasteiger charge is 2.19. The lowest BCUT2D eigenvalue weighted by Crippen LogP contribution is -2.32. The molecule has 1 fully saturated rings. The summed E-state index contributed by atoms with van der Waals surface area (Å²) >= 11 is 11.7. The molecule has 0 saturated carbocycles. The van der Waals surface area contributed by atoms with Crippen molar-refractivity contribution < 1.29 is 13.2 Å². The van der Waals surface area contributed by atoms with Crippen molar-refractivity contribution in [2.24, 2.45) is 0 Å². The second-order valence-corrected chi connectivity index (χ2v) is 8.38. The molecule has 0 unspecified atom stereocenters. The van der Waals surface area contributed by atoms with E-state index in [1.807, 2.05) is 0 Å². The standard InChI is InChI=1S/C17H17Cl2N3O3S/c18-15-8-5-13(11-16(15)19)21-26(24,25)14-6-3-12(4-7-14)20-17(23)22-9-1-2-10-22/h3-8,11,21H,1-2,9-10H2,(H,20,23). The summed E-state index contributed by atoms with van der Waals surface area (Å²) in [6.07, 6.45) is 2.01. The molecule has 0 atom stereocenters. The first-order chi connectivity index (χ1) is 12.3. The summed E-state index contributed by atoms with van der Waals surface area (Å²) in [5, 5.41) is 3.36. The molecular formula is C17H17Cl2N3O3S. The third kappa shape index (κ3) is 4.41. The van der Waals surface area contributed by atoms with Crippen LogP contribution in [0.25, 0.3) is 0 Å². The van der Waals surface area contributed by atoms with E-state index in [9.17, 15) is 13.2 Å². The monoisotopic (exact) mass is 413 g/mol. The number of likely N-dealkylation sites (tertiary alicyclic amines) is 1. The molecule has 1 aliphatic rings. The first-order valence-corrected chi connectivity index (χ1v) is 10.2. The van der Waals surface area contributed by atoms with Crippen LogP contribution in [0.1, 0.15) is 12.8 Å². The third-order valence-corrected chi connectivity index (χ3v) is 6.12. The quantitative estimate of drug-likeness (QED) is 0.778. The minimum atomic E-state index is -3.78. The van der Waals surface area contributed by atoms with Crippen LogP contribution < -0.4 is 10.0 Å². The molecule has 2 aromatic carbocycles. The van der Waals surface area contributed by atoms with E-state index in [0.717, 1.165) is 25.9 Å². The van der Waals surface area contributed by atoms with E-state index in [0.29, 0.717) is 16.4 Å². The average molecular weight is 414 g/mol. The molecule has 26 heavy (non-hydrogen) atoms. The molecule has 1 saturated heterocycles. The van der Waals surface area contributed by atoms with Gasteiger partial charge >= 0.3 is 6.03 Å². The number of amides is 2. The minimum Gasteiger partial charge on any atom is -0.325 e. The fourth-order valence-electron chi connectivity index (χ4n) is 2.61. The molecule has 0 bridgehead atoms. The number of carbonyl (C=O) groups excluding carboxylic acids is 1. The number of carbonyl (C=O) groups is 1. The molecule has 3 rings (SSSR count). The van der Waals surface area contributed by atoms with Crippen LogP contribution in [0, 0.1) is 0 Å². The van der Waals surface area contributed by atoms with Crippen LogP contribution in [0.2, 0.25) is 10.0 Å². The smallest absolute Gasteiger partial charge is 0.321 e. The zero-order valence-corrected chi connectivity index (χ0v) is 16.0. The fraction of sp³-hybridized carbons (Fsp3) is 0.235. The van der Waals surface area contributed by atoms with E-state index in [2.05, 4.69) is 10.0 Å². The van der Waals surface area contributed by atoms with E-state index in [4.69, 9.17) is 23.2 Å². The lowest BCUT2D eigenvalue weighted by molar-refractivity contribution is 0.222. The first kappa shape index (κ1) is 18.8. The van der Waals surface area contributed by atoms with Gasteiger partial charge in [-0.25, -0.2) is 13.2 Å². The molecule has 9 heteroatoms. The Balaban J connectivity index is 1.70. The summed E-state index contributed by atoms with van der Waals surface area (Å²) in [6.45, 7) is 1.48. The normalized spacial score (nSPS) is 14.3. The summed E-state index contributed by atoms with van der Waals surface area (Å²) in [5.41, 5.74) is 0.848. The van der Waals surface area contributed by atoms with Gasteiger partial charge in [0.2, 0.25) is 0 Å². The molecule has 1 aliphatic heterocycles. The highest BCUT2D eigenvalue weighted by molar-refractivity contribution is 7.92. The van der Waals surface area contributed by atoms with Crippen LogP contribution in [-0.4, -0.2) is 32.4 Å². The van der Waals surface area contributed by atoms with Crippen molar-refractivity contribution in [3.05, 3.63) is 52.5 Å². The maximum atomic E-state index is 12.5. The Morgan fingerprint density at radius 3 is 2.15 bits per heavy atom. The summed E-state index contributed by atoms with van der Waals surface area (Å²) in [7, 11) is -3.78. The number of hydrogen-bond acceptors (Lipinski definition) is 3. The lowest BCUT2D eigenvalue weighted by Gasteiger charge is -2.16. The summed E-state index contributed by atoms with van der Waals surface area (Å²) in [4.78, 5) is 13.9. The maximum absolute atomic E-state index is 12.5. The van der Waals surface area contributed by atoms with Crippen molar-refractivity contribution in [2.75, 3.05) is 23.1 Å². The predicted molar refractivity (Wildman–Crippen MR) is 104 cm³/mol. The molecule has 1 heterocycles. The zero-order chi connectivity index (χ0) is 18.7. The van der Waals surface area contributed by atoms with Gasteiger partial charge in [0.1, 0.15) is 0 Å². The van der Waals surface area contributed by atoms with Gasteiger partial charge in [0.25, 0.3) is 10.0 Å². The van der Waals surface area contributed by atoms with Gasteiger partial charge in [-0.05, 0) is 55.3 Å². The number of anilines is 2. The molecule has 2 N–H and O–H groups in total. The Bertz CT molecular complexity index is 911. The van der Waals surface area contributed by atoms with Crippen molar-refractivity contribution in [3.63, 3.8) is 0 Å². The Labute approximate surface area is 162 Å². The number of nitrogens with one attached hydrogen (secondary N) is 2. The topological polar surface area (TPSA) is 78.5 Å². The minimum absolute atomic E-state index is 0.0720. The van der Waals surface area contributed by atoms with Crippen molar-refractivity contribution >= 4 is 50.6 Å². The second kappa shape index (κ2) is 7.73. The Kier molecular flexibility index (Phi) is 5.60. The van der Waals surface area contributed by atoms with Gasteiger partial charge in [0, 0.05) is 18.8 Å². The van der Waals surface area contributed by atoms with Crippen LogP contribution in [0.15, 0.2) is 47.4 Å². The number of rotatable bonds is 4. The number of halogens is 2. The third-order valence-electron chi connectivity index (χ3n) is 3.98. The van der Waals surface area contributed by atoms with Gasteiger partial charge in [-0.15, -0.1) is 0 Å². The number of hydrogen-bond donors (Lipinski definition) is 2. The van der Waals surface area contributed by atoms with Crippen LogP contribution in [0.4, 0.5) is 16.2 Å². The molecule has 0 aromatic heterocycles. The molecule has 0 aliphatic carbocycles. The number of sulfonamides is 1. The first-order valence-electron chi connectivity index (χ1n) is 7.99. The van der Waals surface area contributed by atoms with Gasteiger partial charge in [-0.1, -0.05) is 23.2 Å². The highest BCUT2D eigenvalue weighted by Crippen LogP contribution is 2.26. The van der Waals surface area contributed by atoms with E-state index in [1.165, 1.54) is 30.3 Å². The van der Waals surface area contributed by atoms with Crippen LogP contribution >= 0.6 is 23.2 Å². The number of nitrogens with zero attached hydrogens (tertiary/aromatic N) is 1. The molecule has 2 amide bonds. The van der Waals surface area contributed by atoms with Gasteiger partial charge in [0.05, 0.1) is 20.6 Å². The summed E-state index contributed by atoms with van der Waals surface area (Å²) < 4.78 is 27.4.